The van der Waals surface area contributed by atoms with Crippen molar-refractivity contribution in [2.45, 2.75) is 26.7 Å². The van der Waals surface area contributed by atoms with Crippen LogP contribution >= 0.6 is 11.6 Å². The van der Waals surface area contributed by atoms with Crippen molar-refractivity contribution in [3.05, 3.63) is 23.9 Å². The monoisotopic (exact) mass is 226 g/mol. The smallest absolute Gasteiger partial charge is 0.128 e. The summed E-state index contributed by atoms with van der Waals surface area (Å²) in [6.45, 7) is 5.22. The lowest BCUT2D eigenvalue weighted by Gasteiger charge is -2.09. The van der Waals surface area contributed by atoms with Gasteiger partial charge in [-0.25, -0.2) is 4.98 Å². The summed E-state index contributed by atoms with van der Waals surface area (Å²) in [5.74, 6) is 2.36. The van der Waals surface area contributed by atoms with Crippen LogP contribution < -0.4 is 5.32 Å². The number of alkyl halides is 1. The summed E-state index contributed by atoms with van der Waals surface area (Å²) in [6.07, 6.45) is 4.13. The third-order valence-corrected chi connectivity index (χ3v) is 2.97. The SMILES string of the molecule is Cc1cccnc1NCCCC(C)CCl. The molecule has 2 nitrogen and oxygen atoms in total. The van der Waals surface area contributed by atoms with Gasteiger partial charge < -0.3 is 5.32 Å². The Hall–Kier alpha value is -0.760. The Kier molecular flexibility index (Phi) is 5.48. The lowest BCUT2D eigenvalue weighted by molar-refractivity contribution is 0.572. The van der Waals surface area contributed by atoms with Crippen molar-refractivity contribution in [1.82, 2.24) is 4.98 Å². The predicted molar refractivity (Wildman–Crippen MR) is 66.6 cm³/mol. The largest absolute Gasteiger partial charge is 0.370 e. The second kappa shape index (κ2) is 6.67. The second-order valence-corrected chi connectivity index (χ2v) is 4.31. The molecule has 1 heterocycles. The highest BCUT2D eigenvalue weighted by Gasteiger charge is 2.00. The van der Waals surface area contributed by atoms with Gasteiger partial charge in [0.2, 0.25) is 0 Å². The van der Waals surface area contributed by atoms with Gasteiger partial charge in [-0.15, -0.1) is 11.6 Å². The molecule has 0 aliphatic carbocycles. The zero-order chi connectivity index (χ0) is 11.1. The molecule has 0 aromatic carbocycles. The summed E-state index contributed by atoms with van der Waals surface area (Å²) in [4.78, 5) is 4.28. The fraction of sp³-hybridized carbons (Fsp3) is 0.583. The van der Waals surface area contributed by atoms with Crippen molar-refractivity contribution >= 4 is 17.4 Å². The van der Waals surface area contributed by atoms with Gasteiger partial charge in [0.15, 0.2) is 0 Å². The number of nitrogens with zero attached hydrogens (tertiary/aromatic N) is 1. The van der Waals surface area contributed by atoms with Gasteiger partial charge in [0.1, 0.15) is 5.82 Å². The summed E-state index contributed by atoms with van der Waals surface area (Å²) < 4.78 is 0. The van der Waals surface area contributed by atoms with E-state index in [4.69, 9.17) is 11.6 Å². The lowest BCUT2D eigenvalue weighted by Crippen LogP contribution is -2.07. The Labute approximate surface area is 97.1 Å². The fourth-order valence-electron chi connectivity index (χ4n) is 1.41. The summed E-state index contributed by atoms with van der Waals surface area (Å²) in [6, 6.07) is 4.02. The fourth-order valence-corrected chi connectivity index (χ4v) is 1.56. The molecule has 1 N–H and O–H groups in total. The van der Waals surface area contributed by atoms with Gasteiger partial charge in [-0.1, -0.05) is 13.0 Å². The molecule has 0 saturated carbocycles. The lowest BCUT2D eigenvalue weighted by atomic mass is 10.1. The number of pyridine rings is 1. The minimum atomic E-state index is 0.610. The average molecular weight is 227 g/mol. The van der Waals surface area contributed by atoms with E-state index in [-0.39, 0.29) is 0 Å². The minimum absolute atomic E-state index is 0.610. The molecule has 0 aliphatic heterocycles. The molecule has 1 aromatic rings. The molecule has 0 radical (unpaired) electrons. The first-order valence-corrected chi connectivity index (χ1v) is 5.99. The average Bonchev–Trinajstić information content (AvgIpc) is 2.26. The number of aryl methyl sites for hydroxylation is 1. The van der Waals surface area contributed by atoms with E-state index in [1.165, 1.54) is 12.0 Å². The molecule has 84 valence electrons. The van der Waals surface area contributed by atoms with E-state index in [0.29, 0.717) is 5.92 Å². The van der Waals surface area contributed by atoms with Crippen LogP contribution in [-0.2, 0) is 0 Å². The maximum absolute atomic E-state index is 5.74. The van der Waals surface area contributed by atoms with Gasteiger partial charge in [0.25, 0.3) is 0 Å². The number of rotatable bonds is 6. The van der Waals surface area contributed by atoms with Gasteiger partial charge >= 0.3 is 0 Å². The topological polar surface area (TPSA) is 24.9 Å². The maximum Gasteiger partial charge on any atom is 0.128 e. The van der Waals surface area contributed by atoms with Crippen LogP contribution in [0.5, 0.6) is 0 Å². The highest BCUT2D eigenvalue weighted by atomic mass is 35.5. The van der Waals surface area contributed by atoms with Crippen LogP contribution in [0.25, 0.3) is 0 Å². The van der Waals surface area contributed by atoms with Crippen LogP contribution in [0.4, 0.5) is 5.82 Å². The van der Waals surface area contributed by atoms with Crippen LogP contribution in [0.3, 0.4) is 0 Å². The van der Waals surface area contributed by atoms with E-state index in [2.05, 4.69) is 30.2 Å². The Balaban J connectivity index is 2.23. The molecule has 3 heteroatoms. The van der Waals surface area contributed by atoms with E-state index in [1.807, 2.05) is 12.3 Å². The van der Waals surface area contributed by atoms with Crippen molar-refractivity contribution in [1.29, 1.82) is 0 Å². The molecule has 0 aliphatic rings. The van der Waals surface area contributed by atoms with Crippen molar-refractivity contribution in [2.24, 2.45) is 5.92 Å². The van der Waals surface area contributed by atoms with Crippen LogP contribution in [-0.4, -0.2) is 17.4 Å². The zero-order valence-electron chi connectivity index (χ0n) is 9.46. The minimum Gasteiger partial charge on any atom is -0.370 e. The Bertz CT molecular complexity index is 289. The van der Waals surface area contributed by atoms with Gasteiger partial charge in [-0.3, -0.25) is 0 Å². The summed E-state index contributed by atoms with van der Waals surface area (Å²) in [5.41, 5.74) is 1.20. The highest BCUT2D eigenvalue weighted by Crippen LogP contribution is 2.11. The number of nitrogens with one attached hydrogen (secondary N) is 1. The van der Waals surface area contributed by atoms with Crippen LogP contribution in [0, 0.1) is 12.8 Å². The maximum atomic E-state index is 5.74. The number of aromatic nitrogens is 1. The van der Waals surface area contributed by atoms with Gasteiger partial charge in [-0.05, 0) is 37.3 Å². The first kappa shape index (κ1) is 12.3. The van der Waals surface area contributed by atoms with E-state index >= 15 is 0 Å². The molecule has 1 aromatic heterocycles. The van der Waals surface area contributed by atoms with E-state index in [1.54, 1.807) is 0 Å². The molecule has 0 spiro atoms. The summed E-state index contributed by atoms with van der Waals surface area (Å²) >= 11 is 5.74. The van der Waals surface area contributed by atoms with Crippen molar-refractivity contribution < 1.29 is 0 Å². The normalized spacial score (nSPS) is 12.5. The molecule has 15 heavy (non-hydrogen) atoms. The Morgan fingerprint density at radius 1 is 1.53 bits per heavy atom. The molecular weight excluding hydrogens is 208 g/mol. The van der Waals surface area contributed by atoms with Crippen LogP contribution in [0.1, 0.15) is 25.3 Å². The van der Waals surface area contributed by atoms with Gasteiger partial charge in [0.05, 0.1) is 0 Å². The van der Waals surface area contributed by atoms with Crippen molar-refractivity contribution in [3.63, 3.8) is 0 Å². The molecule has 0 amide bonds. The summed E-state index contributed by atoms with van der Waals surface area (Å²) in [5, 5.41) is 3.34. The quantitative estimate of drug-likeness (QED) is 0.594. The van der Waals surface area contributed by atoms with Crippen molar-refractivity contribution in [2.75, 3.05) is 17.7 Å². The predicted octanol–water partition coefficient (Wildman–Crippen LogP) is 3.46. The zero-order valence-corrected chi connectivity index (χ0v) is 10.2. The first-order chi connectivity index (χ1) is 7.24. The molecule has 1 atom stereocenters. The Morgan fingerprint density at radius 2 is 2.33 bits per heavy atom. The molecular formula is C12H19ClN2. The van der Waals surface area contributed by atoms with Crippen LogP contribution in [0.15, 0.2) is 18.3 Å². The van der Waals surface area contributed by atoms with Gasteiger partial charge in [-0.2, -0.15) is 0 Å². The number of halogens is 1. The van der Waals surface area contributed by atoms with E-state index in [9.17, 15) is 0 Å². The summed E-state index contributed by atoms with van der Waals surface area (Å²) in [7, 11) is 0. The van der Waals surface area contributed by atoms with E-state index < -0.39 is 0 Å². The molecule has 1 unspecified atom stereocenters. The highest BCUT2D eigenvalue weighted by molar-refractivity contribution is 6.18. The third-order valence-electron chi connectivity index (χ3n) is 2.44. The molecule has 0 saturated heterocycles. The second-order valence-electron chi connectivity index (χ2n) is 4.00. The number of hydrogen-bond donors (Lipinski definition) is 1. The molecule has 0 bridgehead atoms. The van der Waals surface area contributed by atoms with E-state index in [0.717, 1.165) is 24.7 Å². The molecule has 1 rings (SSSR count). The first-order valence-electron chi connectivity index (χ1n) is 5.45. The van der Waals surface area contributed by atoms with Gasteiger partial charge in [0, 0.05) is 18.6 Å². The number of anilines is 1. The Morgan fingerprint density at radius 3 is 3.00 bits per heavy atom. The third kappa shape index (κ3) is 4.52. The van der Waals surface area contributed by atoms with Crippen molar-refractivity contribution in [3.8, 4) is 0 Å². The number of hydrogen-bond acceptors (Lipinski definition) is 2. The standard InChI is InChI=1S/C12H19ClN2/c1-10(9-13)5-3-7-14-12-11(2)6-4-8-15-12/h4,6,8,10H,3,5,7,9H2,1-2H3,(H,14,15). The molecule has 0 fully saturated rings. The van der Waals surface area contributed by atoms with Crippen LogP contribution in [0.2, 0.25) is 0 Å².